The Bertz CT molecular complexity index is 1730. The van der Waals surface area contributed by atoms with Crippen molar-refractivity contribution in [2.45, 2.75) is 9.99 Å². The molecule has 3 aromatic carbocycles. The third kappa shape index (κ3) is 4.18. The van der Waals surface area contributed by atoms with Gasteiger partial charge in [-0.2, -0.15) is 8.42 Å². The van der Waals surface area contributed by atoms with Crippen LogP contribution in [0.2, 0.25) is 5.02 Å². The van der Waals surface area contributed by atoms with Crippen molar-refractivity contribution >= 4 is 64.8 Å². The largest absolute Gasteiger partial charge is 0.443 e. The molecule has 2 heterocycles. The van der Waals surface area contributed by atoms with Gasteiger partial charge in [-0.1, -0.05) is 41.9 Å². The second kappa shape index (κ2) is 8.32. The number of hydrogen-bond acceptors (Lipinski definition) is 6. The van der Waals surface area contributed by atoms with Gasteiger partial charge in [0.15, 0.2) is 0 Å². The van der Waals surface area contributed by atoms with E-state index in [1.807, 2.05) is 0 Å². The minimum atomic E-state index is -4.19. The van der Waals surface area contributed by atoms with Gasteiger partial charge in [0.1, 0.15) is 5.58 Å². The summed E-state index contributed by atoms with van der Waals surface area (Å²) in [6.07, 6.45) is 3.06. The molecule has 172 valence electrons. The highest BCUT2D eigenvalue weighted by Crippen LogP contribution is 2.32. The molecule has 0 aliphatic heterocycles. The van der Waals surface area contributed by atoms with Gasteiger partial charge in [0.25, 0.3) is 20.0 Å². The summed E-state index contributed by atoms with van der Waals surface area (Å²) < 4.78 is 62.8. The monoisotopic (exact) mass is 513 g/mol. The number of furan rings is 1. The summed E-state index contributed by atoms with van der Waals surface area (Å²) in [5.41, 5.74) is 0.342. The van der Waals surface area contributed by atoms with Crippen LogP contribution in [-0.4, -0.2) is 21.8 Å². The van der Waals surface area contributed by atoms with E-state index in [-0.39, 0.29) is 26.4 Å². The van der Waals surface area contributed by atoms with Gasteiger partial charge in [-0.25, -0.2) is 8.42 Å². The van der Waals surface area contributed by atoms with E-state index in [1.54, 1.807) is 48.7 Å². The number of hydrogen-bond donors (Lipinski definition) is 2. The number of sulfonamides is 2. The van der Waals surface area contributed by atoms with Gasteiger partial charge in [0, 0.05) is 39.6 Å². The first-order valence-corrected chi connectivity index (χ1v) is 13.2. The molecule has 11 heteroatoms. The summed E-state index contributed by atoms with van der Waals surface area (Å²) in [7, 11) is -8.28. The van der Waals surface area contributed by atoms with Gasteiger partial charge < -0.3 is 4.42 Å². The Morgan fingerprint density at radius 1 is 0.765 bits per heavy atom. The number of nitrogens with one attached hydrogen (secondary N) is 2. The van der Waals surface area contributed by atoms with Gasteiger partial charge in [0.2, 0.25) is 5.09 Å². The number of benzene rings is 3. The Morgan fingerprint density at radius 3 is 2.35 bits per heavy atom. The van der Waals surface area contributed by atoms with Crippen LogP contribution in [0.5, 0.6) is 0 Å². The predicted octanol–water partition coefficient (Wildman–Crippen LogP) is 5.24. The Kier molecular flexibility index (Phi) is 5.43. The fourth-order valence-corrected chi connectivity index (χ4v) is 6.03. The zero-order valence-corrected chi connectivity index (χ0v) is 19.7. The standard InChI is InChI=1S/C23H16ClN3O5S2/c24-17-8-9-19(26-33(28,29)22-7-3-5-16-14-25-11-10-18(16)22)20(13-17)27-34(30,31)23-12-15-4-1-2-6-21(15)32-23/h1-14,26-27H. The van der Waals surface area contributed by atoms with Crippen molar-refractivity contribution in [1.29, 1.82) is 0 Å². The molecule has 5 aromatic rings. The lowest BCUT2D eigenvalue weighted by molar-refractivity contribution is 0.484. The molecule has 0 radical (unpaired) electrons. The second-order valence-corrected chi connectivity index (χ2v) is 11.1. The summed E-state index contributed by atoms with van der Waals surface area (Å²) >= 11 is 6.08. The lowest BCUT2D eigenvalue weighted by Crippen LogP contribution is -2.17. The normalized spacial score (nSPS) is 12.1. The number of nitrogens with zero attached hydrogens (tertiary/aromatic N) is 1. The van der Waals surface area contributed by atoms with Gasteiger partial charge in [-0.05, 0) is 36.4 Å². The van der Waals surface area contributed by atoms with Crippen LogP contribution in [0.15, 0.2) is 99.6 Å². The summed E-state index contributed by atoms with van der Waals surface area (Å²) in [6, 6.07) is 18.8. The third-order valence-corrected chi connectivity index (χ3v) is 7.95. The number of halogens is 1. The van der Waals surface area contributed by atoms with E-state index >= 15 is 0 Å². The zero-order valence-electron chi connectivity index (χ0n) is 17.3. The molecule has 0 amide bonds. The molecule has 0 atom stereocenters. The number of pyridine rings is 1. The quantitative estimate of drug-likeness (QED) is 0.320. The summed E-state index contributed by atoms with van der Waals surface area (Å²) in [4.78, 5) is 4.03. The zero-order chi connectivity index (χ0) is 23.9. The first-order valence-electron chi connectivity index (χ1n) is 9.89. The van der Waals surface area contributed by atoms with E-state index < -0.39 is 20.0 Å². The molecule has 34 heavy (non-hydrogen) atoms. The van der Waals surface area contributed by atoms with Crippen LogP contribution in [0.4, 0.5) is 11.4 Å². The molecular weight excluding hydrogens is 498 g/mol. The summed E-state index contributed by atoms with van der Waals surface area (Å²) in [5, 5.41) is 1.63. The van der Waals surface area contributed by atoms with Crippen molar-refractivity contribution in [3.8, 4) is 0 Å². The van der Waals surface area contributed by atoms with Crippen molar-refractivity contribution in [1.82, 2.24) is 4.98 Å². The number of rotatable bonds is 6. The fourth-order valence-electron chi connectivity index (χ4n) is 3.50. The Morgan fingerprint density at radius 2 is 1.53 bits per heavy atom. The van der Waals surface area contributed by atoms with Crippen LogP contribution in [0.3, 0.4) is 0 Å². The van der Waals surface area contributed by atoms with Crippen LogP contribution < -0.4 is 9.44 Å². The molecule has 8 nitrogen and oxygen atoms in total. The average molecular weight is 514 g/mol. The van der Waals surface area contributed by atoms with Crippen LogP contribution >= 0.6 is 11.6 Å². The minimum absolute atomic E-state index is 0.00450. The van der Waals surface area contributed by atoms with Gasteiger partial charge in [0.05, 0.1) is 16.3 Å². The first kappa shape index (κ1) is 22.2. The van der Waals surface area contributed by atoms with Crippen LogP contribution in [0, 0.1) is 0 Å². The molecular formula is C23H16ClN3O5S2. The van der Waals surface area contributed by atoms with Crippen molar-refractivity contribution < 1.29 is 21.3 Å². The SMILES string of the molecule is O=S(=O)(Nc1cc(Cl)ccc1NS(=O)(=O)c1cccc2cnccc12)c1cc2ccccc2o1. The number of aromatic nitrogens is 1. The maximum atomic E-state index is 13.2. The van der Waals surface area contributed by atoms with Crippen LogP contribution in [0.1, 0.15) is 0 Å². The highest BCUT2D eigenvalue weighted by molar-refractivity contribution is 7.93. The van der Waals surface area contributed by atoms with E-state index in [1.165, 1.54) is 36.5 Å². The molecule has 0 saturated carbocycles. The highest BCUT2D eigenvalue weighted by atomic mass is 35.5. The van der Waals surface area contributed by atoms with Crippen molar-refractivity contribution in [2.24, 2.45) is 0 Å². The van der Waals surface area contributed by atoms with E-state index in [4.69, 9.17) is 16.0 Å². The topological polar surface area (TPSA) is 118 Å². The van der Waals surface area contributed by atoms with Crippen molar-refractivity contribution in [3.05, 3.63) is 90.2 Å². The Hall–Kier alpha value is -3.60. The second-order valence-electron chi connectivity index (χ2n) is 7.36. The van der Waals surface area contributed by atoms with Gasteiger partial charge in [-0.15, -0.1) is 0 Å². The predicted molar refractivity (Wildman–Crippen MR) is 131 cm³/mol. The Balaban J connectivity index is 1.53. The molecule has 2 aromatic heterocycles. The number of para-hydroxylation sites is 1. The molecule has 2 N–H and O–H groups in total. The Labute approximate surface area is 200 Å². The summed E-state index contributed by atoms with van der Waals surface area (Å²) in [5.74, 6) is 0. The molecule has 5 rings (SSSR count). The lowest BCUT2D eigenvalue weighted by atomic mass is 10.2. The lowest BCUT2D eigenvalue weighted by Gasteiger charge is -2.15. The van der Waals surface area contributed by atoms with Gasteiger partial charge >= 0.3 is 0 Å². The van der Waals surface area contributed by atoms with E-state index in [0.717, 1.165) is 0 Å². The van der Waals surface area contributed by atoms with Crippen molar-refractivity contribution in [2.75, 3.05) is 9.44 Å². The first-order chi connectivity index (χ1) is 16.2. The number of fused-ring (bicyclic) bond motifs is 2. The van der Waals surface area contributed by atoms with E-state index in [2.05, 4.69) is 14.4 Å². The number of anilines is 2. The average Bonchev–Trinajstić information content (AvgIpc) is 3.26. The molecule has 0 bridgehead atoms. The van der Waals surface area contributed by atoms with Crippen LogP contribution in [-0.2, 0) is 20.0 Å². The maximum absolute atomic E-state index is 13.2. The third-order valence-electron chi connectivity index (χ3n) is 5.07. The van der Waals surface area contributed by atoms with E-state index in [9.17, 15) is 16.8 Å². The maximum Gasteiger partial charge on any atom is 0.295 e. The highest BCUT2D eigenvalue weighted by Gasteiger charge is 2.24. The van der Waals surface area contributed by atoms with Crippen molar-refractivity contribution in [3.63, 3.8) is 0 Å². The molecule has 0 unspecified atom stereocenters. The van der Waals surface area contributed by atoms with E-state index in [0.29, 0.717) is 21.7 Å². The van der Waals surface area contributed by atoms with Crippen LogP contribution in [0.25, 0.3) is 21.7 Å². The molecule has 0 spiro atoms. The summed E-state index contributed by atoms with van der Waals surface area (Å²) in [6.45, 7) is 0. The molecule has 0 aliphatic carbocycles. The fraction of sp³-hybridized carbons (Fsp3) is 0. The molecule has 0 fully saturated rings. The van der Waals surface area contributed by atoms with Gasteiger partial charge in [-0.3, -0.25) is 14.4 Å². The smallest absolute Gasteiger partial charge is 0.295 e. The molecule has 0 saturated heterocycles. The molecule has 0 aliphatic rings. The minimum Gasteiger partial charge on any atom is -0.443 e.